The number of likely N-dealkylation sites (tertiary alicyclic amines) is 1. The van der Waals surface area contributed by atoms with E-state index in [1.54, 1.807) is 6.92 Å². The number of hydrogen-bond donors (Lipinski definition) is 1. The Bertz CT molecular complexity index is 246. The van der Waals surface area contributed by atoms with Gasteiger partial charge in [-0.2, -0.15) is 0 Å². The van der Waals surface area contributed by atoms with Gasteiger partial charge in [-0.25, -0.2) is 0 Å². The van der Waals surface area contributed by atoms with E-state index in [9.17, 15) is 4.79 Å². The SMILES string of the molecule is COC(=O)C(C)(N)CCCN1CCC(C)CC1. The first-order valence-corrected chi connectivity index (χ1v) is 6.55. The molecule has 1 rings (SSSR count). The van der Waals surface area contributed by atoms with Crippen molar-refractivity contribution in [2.75, 3.05) is 26.7 Å². The van der Waals surface area contributed by atoms with Gasteiger partial charge in [-0.05, 0) is 58.2 Å². The Hall–Kier alpha value is -0.610. The van der Waals surface area contributed by atoms with E-state index in [-0.39, 0.29) is 5.97 Å². The molecule has 0 amide bonds. The van der Waals surface area contributed by atoms with Crippen molar-refractivity contribution in [3.63, 3.8) is 0 Å². The summed E-state index contributed by atoms with van der Waals surface area (Å²) in [6, 6.07) is 0. The summed E-state index contributed by atoms with van der Waals surface area (Å²) in [7, 11) is 1.39. The highest BCUT2D eigenvalue weighted by molar-refractivity contribution is 5.79. The highest BCUT2D eigenvalue weighted by Crippen LogP contribution is 2.17. The third kappa shape index (κ3) is 4.64. The number of methoxy groups -OCH3 is 1. The molecule has 17 heavy (non-hydrogen) atoms. The van der Waals surface area contributed by atoms with Gasteiger partial charge in [0.15, 0.2) is 0 Å². The van der Waals surface area contributed by atoms with Crippen molar-refractivity contribution < 1.29 is 9.53 Å². The van der Waals surface area contributed by atoms with Crippen molar-refractivity contribution in [2.24, 2.45) is 11.7 Å². The summed E-state index contributed by atoms with van der Waals surface area (Å²) in [6.07, 6.45) is 4.22. The summed E-state index contributed by atoms with van der Waals surface area (Å²) in [5.41, 5.74) is 5.08. The van der Waals surface area contributed by atoms with Crippen LogP contribution in [0.4, 0.5) is 0 Å². The number of carbonyl (C=O) groups is 1. The third-order valence-corrected chi connectivity index (χ3v) is 3.70. The van der Waals surface area contributed by atoms with Crippen molar-refractivity contribution in [1.29, 1.82) is 0 Å². The Kier molecular flexibility index (Phi) is 5.40. The molecule has 1 heterocycles. The van der Waals surface area contributed by atoms with Crippen LogP contribution >= 0.6 is 0 Å². The predicted octanol–water partition coefficient (Wildman–Crippen LogP) is 1.39. The van der Waals surface area contributed by atoms with E-state index in [4.69, 9.17) is 10.5 Å². The molecule has 0 spiro atoms. The van der Waals surface area contributed by atoms with E-state index >= 15 is 0 Å². The van der Waals surface area contributed by atoms with Gasteiger partial charge in [0.25, 0.3) is 0 Å². The van der Waals surface area contributed by atoms with Crippen LogP contribution in [0.15, 0.2) is 0 Å². The van der Waals surface area contributed by atoms with Gasteiger partial charge in [0.1, 0.15) is 5.54 Å². The molecular formula is C13H26N2O2. The standard InChI is InChI=1S/C13H26N2O2/c1-11-5-9-15(10-6-11)8-4-7-13(2,14)12(16)17-3/h11H,4-10,14H2,1-3H3. The maximum absolute atomic E-state index is 11.4. The van der Waals surface area contributed by atoms with Gasteiger partial charge in [-0.15, -0.1) is 0 Å². The lowest BCUT2D eigenvalue weighted by Gasteiger charge is -2.31. The highest BCUT2D eigenvalue weighted by atomic mass is 16.5. The minimum Gasteiger partial charge on any atom is -0.468 e. The van der Waals surface area contributed by atoms with E-state index in [0.717, 1.165) is 18.9 Å². The van der Waals surface area contributed by atoms with Crippen LogP contribution in [0.5, 0.6) is 0 Å². The lowest BCUT2D eigenvalue weighted by atomic mass is 9.96. The molecular weight excluding hydrogens is 216 g/mol. The van der Waals surface area contributed by atoms with Crippen LogP contribution in [-0.2, 0) is 9.53 Å². The summed E-state index contributed by atoms with van der Waals surface area (Å²) in [4.78, 5) is 13.9. The number of esters is 1. The van der Waals surface area contributed by atoms with Crippen molar-refractivity contribution in [3.05, 3.63) is 0 Å². The lowest BCUT2D eigenvalue weighted by Crippen LogP contribution is -2.46. The average molecular weight is 242 g/mol. The van der Waals surface area contributed by atoms with E-state index in [1.165, 1.54) is 33.0 Å². The summed E-state index contributed by atoms with van der Waals surface area (Å²) in [5, 5.41) is 0. The first-order chi connectivity index (χ1) is 7.95. The maximum Gasteiger partial charge on any atom is 0.325 e. The van der Waals surface area contributed by atoms with E-state index in [2.05, 4.69) is 11.8 Å². The highest BCUT2D eigenvalue weighted by Gasteiger charge is 2.29. The summed E-state index contributed by atoms with van der Waals surface area (Å²) in [6.45, 7) is 7.46. The van der Waals surface area contributed by atoms with Crippen LogP contribution in [-0.4, -0.2) is 43.2 Å². The first-order valence-electron chi connectivity index (χ1n) is 6.55. The van der Waals surface area contributed by atoms with Crippen LogP contribution in [0.2, 0.25) is 0 Å². The molecule has 0 aliphatic carbocycles. The van der Waals surface area contributed by atoms with Gasteiger partial charge in [0, 0.05) is 0 Å². The van der Waals surface area contributed by atoms with Gasteiger partial charge in [0.2, 0.25) is 0 Å². The number of piperidine rings is 1. The van der Waals surface area contributed by atoms with Crippen LogP contribution in [0.3, 0.4) is 0 Å². The number of carbonyl (C=O) groups excluding carboxylic acids is 1. The van der Waals surface area contributed by atoms with E-state index < -0.39 is 5.54 Å². The maximum atomic E-state index is 11.4. The fourth-order valence-corrected chi connectivity index (χ4v) is 2.29. The number of nitrogens with two attached hydrogens (primary N) is 1. The lowest BCUT2D eigenvalue weighted by molar-refractivity contribution is -0.146. The van der Waals surface area contributed by atoms with Crippen LogP contribution in [0.25, 0.3) is 0 Å². The molecule has 2 N–H and O–H groups in total. The zero-order valence-electron chi connectivity index (χ0n) is 11.4. The topological polar surface area (TPSA) is 55.6 Å². The molecule has 0 saturated carbocycles. The molecule has 1 aliphatic rings. The quantitative estimate of drug-likeness (QED) is 0.740. The molecule has 1 atom stereocenters. The predicted molar refractivity (Wildman–Crippen MR) is 68.7 cm³/mol. The summed E-state index contributed by atoms with van der Waals surface area (Å²) < 4.78 is 4.69. The normalized spacial score (nSPS) is 22.1. The number of ether oxygens (including phenoxy) is 1. The number of hydrogen-bond acceptors (Lipinski definition) is 4. The molecule has 1 unspecified atom stereocenters. The molecule has 100 valence electrons. The van der Waals surface area contributed by atoms with Crippen molar-refractivity contribution >= 4 is 5.97 Å². The molecule has 4 nitrogen and oxygen atoms in total. The number of rotatable bonds is 5. The van der Waals surface area contributed by atoms with Gasteiger partial charge in [0.05, 0.1) is 7.11 Å². The molecule has 0 aromatic rings. The second kappa shape index (κ2) is 6.36. The Morgan fingerprint density at radius 2 is 2.06 bits per heavy atom. The first kappa shape index (κ1) is 14.5. The van der Waals surface area contributed by atoms with Gasteiger partial charge >= 0.3 is 5.97 Å². The molecule has 0 bridgehead atoms. The Morgan fingerprint density at radius 1 is 1.47 bits per heavy atom. The number of nitrogens with zero attached hydrogens (tertiary/aromatic N) is 1. The molecule has 0 radical (unpaired) electrons. The smallest absolute Gasteiger partial charge is 0.325 e. The van der Waals surface area contributed by atoms with Gasteiger partial charge in [-0.3, -0.25) is 4.79 Å². The van der Waals surface area contributed by atoms with Crippen LogP contribution < -0.4 is 5.73 Å². The monoisotopic (exact) mass is 242 g/mol. The molecule has 1 saturated heterocycles. The van der Waals surface area contributed by atoms with E-state index in [1.807, 2.05) is 0 Å². The van der Waals surface area contributed by atoms with Crippen LogP contribution in [0, 0.1) is 5.92 Å². The largest absolute Gasteiger partial charge is 0.468 e. The molecule has 4 heteroatoms. The third-order valence-electron chi connectivity index (χ3n) is 3.70. The summed E-state index contributed by atoms with van der Waals surface area (Å²) in [5.74, 6) is 0.547. The molecule has 0 aromatic heterocycles. The second-order valence-corrected chi connectivity index (χ2v) is 5.54. The van der Waals surface area contributed by atoms with Gasteiger partial charge in [-0.1, -0.05) is 6.92 Å². The molecule has 1 aliphatic heterocycles. The Morgan fingerprint density at radius 3 is 2.59 bits per heavy atom. The second-order valence-electron chi connectivity index (χ2n) is 5.54. The zero-order valence-corrected chi connectivity index (χ0v) is 11.4. The van der Waals surface area contributed by atoms with E-state index in [0.29, 0.717) is 6.42 Å². The Balaban J connectivity index is 2.21. The Labute approximate surface area is 104 Å². The minimum atomic E-state index is -0.835. The fraction of sp³-hybridized carbons (Fsp3) is 0.923. The molecule has 0 aromatic carbocycles. The van der Waals surface area contributed by atoms with Crippen molar-refractivity contribution in [2.45, 2.75) is 45.1 Å². The zero-order chi connectivity index (χ0) is 12.9. The van der Waals surface area contributed by atoms with Crippen molar-refractivity contribution in [1.82, 2.24) is 4.90 Å². The fourth-order valence-electron chi connectivity index (χ4n) is 2.29. The summed E-state index contributed by atoms with van der Waals surface area (Å²) >= 11 is 0. The van der Waals surface area contributed by atoms with Gasteiger partial charge < -0.3 is 15.4 Å². The molecule has 1 fully saturated rings. The minimum absolute atomic E-state index is 0.315. The average Bonchev–Trinajstić information content (AvgIpc) is 2.30. The van der Waals surface area contributed by atoms with Crippen molar-refractivity contribution in [3.8, 4) is 0 Å². The van der Waals surface area contributed by atoms with Crippen LogP contribution in [0.1, 0.15) is 39.5 Å².